The summed E-state index contributed by atoms with van der Waals surface area (Å²) in [4.78, 5) is 117. The van der Waals surface area contributed by atoms with Crippen LogP contribution in [0.5, 0.6) is 11.5 Å². The third-order valence-electron chi connectivity index (χ3n) is 20.4. The summed E-state index contributed by atoms with van der Waals surface area (Å²) in [7, 11) is 3.31. The third-order valence-corrected chi connectivity index (χ3v) is 24.3. The van der Waals surface area contributed by atoms with E-state index in [-0.39, 0.29) is 56.4 Å². The number of hydrogen-bond donors (Lipinski definition) is 6. The number of halogens is 4. The molecule has 4 saturated carbocycles. The number of pyridine rings is 4. The maximum Gasteiger partial charge on any atom is 0.270 e. The number of ether oxygens (including phenoxy) is 2. The Bertz CT molecular complexity index is 4750. The first-order valence-electron chi connectivity index (χ1n) is 35.3. The van der Waals surface area contributed by atoms with Gasteiger partial charge in [-0.25, -0.2) is 19.9 Å². The van der Waals surface area contributed by atoms with Crippen LogP contribution in [0.2, 0.25) is 15.7 Å². The summed E-state index contributed by atoms with van der Waals surface area (Å²) < 4.78 is 17.5. The van der Waals surface area contributed by atoms with E-state index >= 15 is 0 Å². The maximum absolute atomic E-state index is 13.3. The molecular weight excluding hydrogens is 1560 g/mol. The minimum absolute atomic E-state index is 0.0469. The first-order valence-corrected chi connectivity index (χ1v) is 40.1. The van der Waals surface area contributed by atoms with Crippen molar-refractivity contribution in [1.82, 2.24) is 59.5 Å². The highest BCUT2D eigenvalue weighted by atomic mass is 79.9. The molecule has 16 rings (SSSR count). The fourth-order valence-corrected chi connectivity index (χ4v) is 18.9. The SMILES string of the molecule is COc1ccc(CS)cc1.COc1ccc(CSc2cc(C)c3n(c2=O)C2(CCCCC2)NC3=O)cc1.Cc1cc(Br)c(=O)n2c1C(=O)NC21CCCCC1.Cc1cc(S)c(=O)n2c1C(=O)NC21CCCCC1.Cc1cc(Sc2ccnc(Cl)n2)c(=O)n2c1C(=O)NC21CCCCC1.Clc1ccnc(Cl)n1. The van der Waals surface area contributed by atoms with Gasteiger partial charge in [0.25, 0.3) is 45.9 Å². The Morgan fingerprint density at radius 1 is 0.462 bits per heavy atom. The van der Waals surface area contributed by atoms with Crippen LogP contribution in [0, 0.1) is 27.7 Å². The fraction of sp³-hybridized carbons (Fsp3) is 0.421. The Hall–Kier alpha value is -7.37. The summed E-state index contributed by atoms with van der Waals surface area (Å²) in [5.74, 6) is 2.69. The lowest BCUT2D eigenvalue weighted by Gasteiger charge is -2.35. The van der Waals surface area contributed by atoms with E-state index in [9.17, 15) is 38.4 Å². The van der Waals surface area contributed by atoms with E-state index in [4.69, 9.17) is 44.3 Å². The quantitative estimate of drug-likeness (QED) is 0.0357. The number of benzene rings is 2. The van der Waals surface area contributed by atoms with Crippen LogP contribution in [0.15, 0.2) is 141 Å². The van der Waals surface area contributed by atoms with E-state index in [2.05, 4.69) is 82.4 Å². The second-order valence-corrected chi connectivity index (χ2v) is 32.3. The molecule has 22 nitrogen and oxygen atoms in total. The summed E-state index contributed by atoms with van der Waals surface area (Å²) in [6.07, 6.45) is 22.6. The van der Waals surface area contributed by atoms with Crippen molar-refractivity contribution in [2.24, 2.45) is 0 Å². The highest BCUT2D eigenvalue weighted by Crippen LogP contribution is 2.42. The second-order valence-electron chi connectivity index (χ2n) is 27.5. The van der Waals surface area contributed by atoms with Crippen molar-refractivity contribution >= 4 is 123 Å². The van der Waals surface area contributed by atoms with Crippen LogP contribution in [-0.4, -0.2) is 76.1 Å². The van der Waals surface area contributed by atoms with Gasteiger partial charge in [-0.1, -0.05) is 73.3 Å². The summed E-state index contributed by atoms with van der Waals surface area (Å²) in [5.41, 5.74) is 5.21. The Kier molecular flexibility index (Phi) is 25.9. The molecule has 8 aromatic rings. The zero-order valence-corrected chi connectivity index (χ0v) is 67.0. The number of hydrogen-bond acceptors (Lipinski definition) is 18. The average molecular weight is 1640 g/mol. The maximum atomic E-state index is 13.3. The van der Waals surface area contributed by atoms with Gasteiger partial charge in [-0.2, -0.15) is 12.6 Å². The van der Waals surface area contributed by atoms with Crippen LogP contribution in [0.3, 0.4) is 0 Å². The zero-order chi connectivity index (χ0) is 75.8. The molecule has 106 heavy (non-hydrogen) atoms. The van der Waals surface area contributed by atoms with Crippen molar-refractivity contribution in [3.63, 3.8) is 0 Å². The molecular formula is C76H84BrCl3N12O10S4. The minimum atomic E-state index is -0.577. The minimum Gasteiger partial charge on any atom is -0.497 e. The van der Waals surface area contributed by atoms with Crippen LogP contribution in [0.25, 0.3) is 0 Å². The highest BCUT2D eigenvalue weighted by molar-refractivity contribution is 9.10. The monoisotopic (exact) mass is 1640 g/mol. The molecule has 0 unspecified atom stereocenters. The van der Waals surface area contributed by atoms with Gasteiger partial charge < -0.3 is 30.7 Å². The molecule has 10 heterocycles. The van der Waals surface area contributed by atoms with Gasteiger partial charge in [0.05, 0.1) is 33.4 Å². The first-order chi connectivity index (χ1) is 50.8. The van der Waals surface area contributed by atoms with Crippen LogP contribution >= 0.6 is 99.5 Å². The van der Waals surface area contributed by atoms with E-state index in [1.54, 1.807) is 69.0 Å². The largest absolute Gasteiger partial charge is 0.497 e. The topological polar surface area (TPSA) is 274 Å². The van der Waals surface area contributed by atoms with Crippen molar-refractivity contribution in [2.75, 3.05) is 14.2 Å². The van der Waals surface area contributed by atoms with Crippen LogP contribution < -0.4 is 53.0 Å². The number of thioether (sulfide) groups is 1. The van der Waals surface area contributed by atoms with Crippen LogP contribution in [0.1, 0.15) is 204 Å². The molecule has 4 fully saturated rings. The molecule has 4 N–H and O–H groups in total. The number of carbonyl (C=O) groups excluding carboxylic acids is 4. The Morgan fingerprint density at radius 3 is 1.21 bits per heavy atom. The molecule has 30 heteroatoms. The third kappa shape index (κ3) is 17.1. The smallest absolute Gasteiger partial charge is 0.270 e. The average Bonchev–Trinajstić information content (AvgIpc) is 1.60. The highest BCUT2D eigenvalue weighted by Gasteiger charge is 2.49. The Morgan fingerprint density at radius 2 is 0.821 bits per heavy atom. The molecule has 560 valence electrons. The van der Waals surface area contributed by atoms with Gasteiger partial charge in [-0.15, -0.1) is 24.4 Å². The molecule has 4 spiro atoms. The summed E-state index contributed by atoms with van der Waals surface area (Å²) >= 11 is 31.0. The molecule has 0 atom stereocenters. The lowest BCUT2D eigenvalue weighted by atomic mass is 9.89. The number of nitrogens with zero attached hydrogens (tertiary/aromatic N) is 8. The number of aryl methyl sites for hydroxylation is 4. The molecule has 4 aliphatic heterocycles. The fourth-order valence-electron chi connectivity index (χ4n) is 15.5. The Balaban J connectivity index is 0.000000132. The first kappa shape index (κ1) is 79.7. The van der Waals surface area contributed by atoms with E-state index < -0.39 is 22.7 Å². The van der Waals surface area contributed by atoms with Crippen LogP contribution in [0.4, 0.5) is 0 Å². The molecule has 8 aliphatic rings. The number of aromatic nitrogens is 8. The van der Waals surface area contributed by atoms with Gasteiger partial charge in [0, 0.05) is 23.9 Å². The molecule has 4 aliphatic carbocycles. The van der Waals surface area contributed by atoms with Gasteiger partial charge in [-0.3, -0.25) is 56.6 Å². The molecule has 0 saturated heterocycles. The van der Waals surface area contributed by atoms with Crippen molar-refractivity contribution in [2.45, 2.75) is 210 Å². The van der Waals surface area contributed by atoms with Crippen molar-refractivity contribution in [1.29, 1.82) is 0 Å². The lowest BCUT2D eigenvalue weighted by Crippen LogP contribution is -2.48. The molecule has 6 aromatic heterocycles. The van der Waals surface area contributed by atoms with Crippen molar-refractivity contribution in [3.05, 3.63) is 215 Å². The number of rotatable bonds is 8. The normalized spacial score (nSPS) is 17.5. The van der Waals surface area contributed by atoms with Gasteiger partial charge in [0.1, 0.15) is 67.1 Å². The zero-order valence-electron chi connectivity index (χ0n) is 59.7. The summed E-state index contributed by atoms with van der Waals surface area (Å²) in [5, 5.41) is 13.6. The Labute approximate surface area is 657 Å². The number of nitrogens with one attached hydrogen (secondary N) is 4. The second kappa shape index (κ2) is 34.5. The number of thiol groups is 2. The van der Waals surface area contributed by atoms with E-state index in [1.165, 1.54) is 48.1 Å². The van der Waals surface area contributed by atoms with E-state index in [0.717, 1.165) is 161 Å². The molecule has 2 aromatic carbocycles. The van der Waals surface area contributed by atoms with E-state index in [1.807, 2.05) is 82.3 Å². The standard InChI is InChI=1S/C21H24N2O3S.C17H17ClN4O2S.C13H15BrN2O2.C13H16N2O2S.C8H10OS.C4H2Cl2N2/c1-14-12-17(27-13-15-6-8-16(26-2)9-7-15)20(25)23-18(14)19(24)22-21(23)10-4-3-5-11-21;1-10-9-11(25-12-5-8-19-16(18)20-12)15(24)22-13(10)14(23)21-17(22)6-3-2-4-7-17;1-8-7-9(14)12(18)16-10(8)11(17)15-13(16)5-3-2-4-6-13;1-8-7-9(18)12(17)15-10(8)11(16)14-13(15)5-3-2-4-6-13;1-9-8-4-2-7(6-10)3-5-8;5-3-1-2-7-4(6)8-3/h6-9,12H,3-5,10-11,13H2,1-2H3,(H,22,24);5,8-9H,2-4,6-7H2,1H3,(H,21,23);7H,2-6H2,1H3,(H,15,17);7,18H,2-6H2,1H3,(H,14,16);2-5,10H,6H2,1H3;1-2H. The molecule has 4 amide bonds. The van der Waals surface area contributed by atoms with Crippen LogP contribution in [-0.2, 0) is 34.2 Å². The van der Waals surface area contributed by atoms with E-state index in [0.29, 0.717) is 57.9 Å². The number of methoxy groups -OCH3 is 2. The predicted octanol–water partition coefficient (Wildman–Crippen LogP) is 14.9. The van der Waals surface area contributed by atoms with Crippen molar-refractivity contribution < 1.29 is 28.7 Å². The molecule has 0 radical (unpaired) electrons. The number of carbonyl (C=O) groups is 4. The van der Waals surface area contributed by atoms with Gasteiger partial charge >= 0.3 is 0 Å². The summed E-state index contributed by atoms with van der Waals surface area (Å²) in [6, 6.07) is 26.1. The molecule has 0 bridgehead atoms. The number of amides is 4. The van der Waals surface area contributed by atoms with Gasteiger partial charge in [0.15, 0.2) is 0 Å². The van der Waals surface area contributed by atoms with Gasteiger partial charge in [0.2, 0.25) is 10.6 Å². The summed E-state index contributed by atoms with van der Waals surface area (Å²) in [6.45, 7) is 7.51. The van der Waals surface area contributed by atoms with Gasteiger partial charge in [-0.05, 0) is 264 Å². The number of fused-ring (bicyclic) bond motifs is 8. The predicted molar refractivity (Wildman–Crippen MR) is 422 cm³/mol. The lowest BCUT2D eigenvalue weighted by molar-refractivity contribution is 0.0866. The van der Waals surface area contributed by atoms with Crippen molar-refractivity contribution in [3.8, 4) is 11.5 Å².